The second-order valence-electron chi connectivity index (χ2n) is 6.96. The predicted octanol–water partition coefficient (Wildman–Crippen LogP) is 2.09. The molecular formula is C15H27NO2. The van der Waals surface area contributed by atoms with Crippen LogP contribution in [0.5, 0.6) is 0 Å². The molecule has 2 atom stereocenters. The number of ketones is 1. The summed E-state index contributed by atoms with van der Waals surface area (Å²) in [6.07, 6.45) is 4.97. The molecule has 1 saturated heterocycles. The van der Waals surface area contributed by atoms with Crippen LogP contribution in [0.2, 0.25) is 0 Å². The number of hydrogen-bond donors (Lipinski definition) is 1. The molecule has 3 nitrogen and oxygen atoms in total. The average Bonchev–Trinajstić information content (AvgIpc) is 2.72. The molecule has 1 aliphatic carbocycles. The van der Waals surface area contributed by atoms with Crippen LogP contribution in [-0.2, 0) is 4.79 Å². The van der Waals surface area contributed by atoms with Gasteiger partial charge in [0.25, 0.3) is 0 Å². The molecule has 1 N–H and O–H groups in total. The normalized spacial score (nSPS) is 32.9. The van der Waals surface area contributed by atoms with Crippen molar-refractivity contribution in [1.82, 2.24) is 4.90 Å². The summed E-state index contributed by atoms with van der Waals surface area (Å²) in [4.78, 5) is 14.4. The third-order valence-electron chi connectivity index (χ3n) is 4.69. The Bertz CT molecular complexity index is 301. The zero-order chi connectivity index (χ0) is 13.2. The lowest BCUT2D eigenvalue weighted by Gasteiger charge is -2.36. The Hall–Kier alpha value is -0.410. The number of hydrogen-bond acceptors (Lipinski definition) is 3. The number of nitrogens with zero attached hydrogens (tertiary/aromatic N) is 1. The Morgan fingerprint density at radius 1 is 1.44 bits per heavy atom. The van der Waals surface area contributed by atoms with Gasteiger partial charge >= 0.3 is 0 Å². The summed E-state index contributed by atoms with van der Waals surface area (Å²) in [5.41, 5.74) is 0.336. The van der Waals surface area contributed by atoms with Crippen LogP contribution in [0.4, 0.5) is 0 Å². The van der Waals surface area contributed by atoms with Gasteiger partial charge in [-0.1, -0.05) is 13.8 Å². The van der Waals surface area contributed by atoms with Crippen LogP contribution >= 0.6 is 0 Å². The number of likely N-dealkylation sites (tertiary alicyclic amines) is 1. The third-order valence-corrected chi connectivity index (χ3v) is 4.69. The molecule has 2 fully saturated rings. The van der Waals surface area contributed by atoms with E-state index in [1.54, 1.807) is 0 Å². The molecule has 3 heteroatoms. The first kappa shape index (κ1) is 14.0. The number of rotatable bonds is 4. The van der Waals surface area contributed by atoms with Gasteiger partial charge in [0.05, 0.1) is 0 Å². The lowest BCUT2D eigenvalue weighted by atomic mass is 9.71. The number of Topliss-reactive ketones (excluding diaryl/α,β-unsaturated/α-hetero) is 1. The summed E-state index contributed by atoms with van der Waals surface area (Å²) >= 11 is 0. The van der Waals surface area contributed by atoms with Crippen LogP contribution in [0.15, 0.2) is 0 Å². The Labute approximate surface area is 111 Å². The van der Waals surface area contributed by atoms with Crippen molar-refractivity contribution < 1.29 is 9.90 Å². The number of aliphatic hydroxyl groups is 1. The van der Waals surface area contributed by atoms with Gasteiger partial charge in [0, 0.05) is 32.0 Å². The van der Waals surface area contributed by atoms with E-state index in [-0.39, 0.29) is 5.92 Å². The lowest BCUT2D eigenvalue weighted by molar-refractivity contribution is -0.127. The molecule has 0 radical (unpaired) electrons. The molecule has 18 heavy (non-hydrogen) atoms. The lowest BCUT2D eigenvalue weighted by Crippen LogP contribution is -2.38. The molecule has 1 aliphatic heterocycles. The van der Waals surface area contributed by atoms with Gasteiger partial charge in [-0.25, -0.2) is 0 Å². The zero-order valence-corrected chi connectivity index (χ0v) is 11.8. The maximum Gasteiger partial charge on any atom is 0.137 e. The smallest absolute Gasteiger partial charge is 0.137 e. The highest BCUT2D eigenvalue weighted by Gasteiger charge is 2.35. The van der Waals surface area contributed by atoms with E-state index in [1.807, 2.05) is 0 Å². The van der Waals surface area contributed by atoms with E-state index in [1.165, 1.54) is 6.42 Å². The molecule has 0 amide bonds. The monoisotopic (exact) mass is 253 g/mol. The van der Waals surface area contributed by atoms with Crippen LogP contribution in [0.3, 0.4) is 0 Å². The summed E-state index contributed by atoms with van der Waals surface area (Å²) in [6.45, 7) is 7.99. The second-order valence-corrected chi connectivity index (χ2v) is 6.96. The van der Waals surface area contributed by atoms with E-state index in [0.717, 1.165) is 45.3 Å². The van der Waals surface area contributed by atoms with Gasteiger partial charge in [0.1, 0.15) is 5.78 Å². The fourth-order valence-corrected chi connectivity index (χ4v) is 3.52. The molecule has 2 aliphatic rings. The van der Waals surface area contributed by atoms with Crippen LogP contribution < -0.4 is 0 Å². The van der Waals surface area contributed by atoms with E-state index in [2.05, 4.69) is 18.7 Å². The quantitative estimate of drug-likeness (QED) is 0.834. The summed E-state index contributed by atoms with van der Waals surface area (Å²) in [5, 5.41) is 8.97. The summed E-state index contributed by atoms with van der Waals surface area (Å²) in [6, 6.07) is 0. The van der Waals surface area contributed by atoms with Gasteiger partial charge in [0.2, 0.25) is 0 Å². The van der Waals surface area contributed by atoms with E-state index in [4.69, 9.17) is 5.11 Å². The topological polar surface area (TPSA) is 40.5 Å². The van der Waals surface area contributed by atoms with Gasteiger partial charge < -0.3 is 10.0 Å². The summed E-state index contributed by atoms with van der Waals surface area (Å²) in [5.74, 6) is 1.36. The van der Waals surface area contributed by atoms with E-state index in [9.17, 15) is 4.79 Å². The Kier molecular flexibility index (Phi) is 4.44. The van der Waals surface area contributed by atoms with Crippen LogP contribution in [0, 0.1) is 17.3 Å². The molecule has 0 aromatic carbocycles. The molecule has 0 spiro atoms. The van der Waals surface area contributed by atoms with E-state index in [0.29, 0.717) is 23.7 Å². The Morgan fingerprint density at radius 2 is 2.22 bits per heavy atom. The Morgan fingerprint density at radius 3 is 2.94 bits per heavy atom. The molecule has 0 aromatic heterocycles. The van der Waals surface area contributed by atoms with Crippen molar-refractivity contribution in [1.29, 1.82) is 0 Å². The molecular weight excluding hydrogens is 226 g/mol. The fourth-order valence-electron chi connectivity index (χ4n) is 3.52. The number of carbonyl (C=O) groups excluding carboxylic acids is 1. The summed E-state index contributed by atoms with van der Waals surface area (Å²) in [7, 11) is 0. The van der Waals surface area contributed by atoms with Crippen LogP contribution in [0.1, 0.15) is 46.0 Å². The van der Waals surface area contributed by atoms with Gasteiger partial charge in [0.15, 0.2) is 0 Å². The minimum Gasteiger partial charge on any atom is -0.396 e. The standard InChI is InChI=1S/C15H27NO2/c1-15(2)6-3-14(18)13(9-15)11-16-7-4-12(10-16)5-8-17/h12-13,17H,3-11H2,1-2H3. The first-order valence-electron chi connectivity index (χ1n) is 7.36. The minimum absolute atomic E-state index is 0.252. The van der Waals surface area contributed by atoms with Gasteiger partial charge in [-0.3, -0.25) is 4.79 Å². The van der Waals surface area contributed by atoms with Crippen molar-refractivity contribution in [2.24, 2.45) is 17.3 Å². The maximum atomic E-state index is 12.0. The van der Waals surface area contributed by atoms with Gasteiger partial charge in [-0.05, 0) is 43.6 Å². The predicted molar refractivity (Wildman–Crippen MR) is 72.4 cm³/mol. The molecule has 104 valence electrons. The third kappa shape index (κ3) is 3.55. The molecule has 0 aromatic rings. The molecule has 2 unspecified atom stereocenters. The molecule has 1 heterocycles. The first-order valence-corrected chi connectivity index (χ1v) is 7.36. The van der Waals surface area contributed by atoms with Gasteiger partial charge in [-0.15, -0.1) is 0 Å². The second kappa shape index (κ2) is 5.70. The van der Waals surface area contributed by atoms with Crippen molar-refractivity contribution in [3.63, 3.8) is 0 Å². The van der Waals surface area contributed by atoms with E-state index < -0.39 is 0 Å². The largest absolute Gasteiger partial charge is 0.396 e. The molecule has 2 rings (SSSR count). The molecule has 1 saturated carbocycles. The highest BCUT2D eigenvalue weighted by Crippen LogP contribution is 2.37. The fraction of sp³-hybridized carbons (Fsp3) is 0.933. The first-order chi connectivity index (χ1) is 8.50. The number of aliphatic hydroxyl groups excluding tert-OH is 1. The van der Waals surface area contributed by atoms with Crippen molar-refractivity contribution in [3.05, 3.63) is 0 Å². The van der Waals surface area contributed by atoms with Crippen molar-refractivity contribution in [2.45, 2.75) is 46.0 Å². The highest BCUT2D eigenvalue weighted by molar-refractivity contribution is 5.82. The van der Waals surface area contributed by atoms with Gasteiger partial charge in [-0.2, -0.15) is 0 Å². The Balaban J connectivity index is 1.83. The van der Waals surface area contributed by atoms with Crippen LogP contribution in [-0.4, -0.2) is 42.0 Å². The maximum absolute atomic E-state index is 12.0. The van der Waals surface area contributed by atoms with Crippen molar-refractivity contribution in [3.8, 4) is 0 Å². The zero-order valence-electron chi connectivity index (χ0n) is 11.8. The number of carbonyl (C=O) groups is 1. The van der Waals surface area contributed by atoms with Crippen LogP contribution in [0.25, 0.3) is 0 Å². The minimum atomic E-state index is 0.252. The molecule has 0 bridgehead atoms. The highest BCUT2D eigenvalue weighted by atomic mass is 16.3. The van der Waals surface area contributed by atoms with Crippen molar-refractivity contribution >= 4 is 5.78 Å². The SMILES string of the molecule is CC1(C)CCC(=O)C(CN2CCC(CCO)C2)C1. The average molecular weight is 253 g/mol. The summed E-state index contributed by atoms with van der Waals surface area (Å²) < 4.78 is 0. The van der Waals surface area contributed by atoms with Crippen molar-refractivity contribution in [2.75, 3.05) is 26.2 Å². The van der Waals surface area contributed by atoms with E-state index >= 15 is 0 Å².